The number of hydrogen-bond donors (Lipinski definition) is 0. The van der Waals surface area contributed by atoms with Gasteiger partial charge < -0.3 is 0 Å². The Bertz CT molecular complexity index is 797. The highest BCUT2D eigenvalue weighted by Crippen LogP contribution is 2.39. The van der Waals surface area contributed by atoms with Gasteiger partial charge in [-0.2, -0.15) is 15.1 Å². The van der Waals surface area contributed by atoms with Gasteiger partial charge in [-0.25, -0.2) is 4.79 Å². The van der Waals surface area contributed by atoms with Crippen LogP contribution in [0.2, 0.25) is 0 Å². The summed E-state index contributed by atoms with van der Waals surface area (Å²) in [4.78, 5) is 23.6. The summed E-state index contributed by atoms with van der Waals surface area (Å²) in [6.07, 6.45) is 1.45. The van der Waals surface area contributed by atoms with Crippen LogP contribution in [-0.4, -0.2) is 22.0 Å². The lowest BCUT2D eigenvalue weighted by Crippen LogP contribution is -2.31. The van der Waals surface area contributed by atoms with Gasteiger partial charge in [0.1, 0.15) is 10.5 Å². The summed E-state index contributed by atoms with van der Waals surface area (Å²) in [7, 11) is 0. The molecule has 0 saturated heterocycles. The molecule has 6 heteroatoms. The summed E-state index contributed by atoms with van der Waals surface area (Å²) in [6.45, 7) is 24.9. The van der Waals surface area contributed by atoms with Gasteiger partial charge in [0.15, 0.2) is 0 Å². The Kier molecular flexibility index (Phi) is 9.79. The first-order chi connectivity index (χ1) is 14.7. The van der Waals surface area contributed by atoms with E-state index in [-0.39, 0.29) is 22.8 Å². The van der Waals surface area contributed by atoms with Crippen molar-refractivity contribution in [1.82, 2.24) is 0 Å². The molecule has 1 aromatic carbocycles. The first-order valence-electron chi connectivity index (χ1n) is 11.8. The first-order valence-corrected chi connectivity index (χ1v) is 12.6. The quantitative estimate of drug-likeness (QED) is 0.154. The Morgan fingerprint density at radius 2 is 1.39 bits per heavy atom. The molecule has 0 heterocycles. The second-order valence-corrected chi connectivity index (χ2v) is 14.5. The largest absolute Gasteiger partial charge is 0.342 e. The molecule has 0 saturated carbocycles. The minimum Gasteiger partial charge on any atom is -0.298 e. The molecule has 0 amide bonds. The number of carbonyl (C=O) groups excluding carboxylic acids is 1. The van der Waals surface area contributed by atoms with Gasteiger partial charge in [0.2, 0.25) is 0 Å². The number of benzene rings is 1. The second-order valence-electron chi connectivity index (χ2n) is 13.0. The summed E-state index contributed by atoms with van der Waals surface area (Å²) < 4.78 is 0. The highest BCUT2D eigenvalue weighted by molar-refractivity contribution is 8.00. The maximum absolute atomic E-state index is 12.5. The summed E-state index contributed by atoms with van der Waals surface area (Å²) in [5.74, 6) is -0.391. The Labute approximate surface area is 206 Å². The molecular weight excluding hydrogens is 432 g/mol. The molecule has 0 aromatic heterocycles. The van der Waals surface area contributed by atoms with Crippen molar-refractivity contribution < 1.29 is 14.6 Å². The van der Waals surface area contributed by atoms with Crippen LogP contribution >= 0.6 is 11.8 Å². The Balaban J connectivity index is 2.88. The van der Waals surface area contributed by atoms with Crippen molar-refractivity contribution in [1.29, 1.82) is 0 Å². The molecule has 0 bridgehead atoms. The number of thioether (sulfide) groups is 1. The van der Waals surface area contributed by atoms with E-state index >= 15 is 0 Å². The van der Waals surface area contributed by atoms with E-state index in [0.29, 0.717) is 6.42 Å². The molecule has 188 valence electrons. The zero-order valence-electron chi connectivity index (χ0n) is 23.0. The van der Waals surface area contributed by atoms with Gasteiger partial charge in [0.25, 0.3) is 0 Å². The molecule has 1 rings (SSSR count). The van der Waals surface area contributed by atoms with Crippen LogP contribution in [0, 0.1) is 5.41 Å². The molecule has 0 radical (unpaired) electrons. The van der Waals surface area contributed by atoms with E-state index in [4.69, 9.17) is 9.78 Å². The predicted molar refractivity (Wildman–Crippen MR) is 139 cm³/mol. The Morgan fingerprint density at radius 3 is 1.85 bits per heavy atom. The lowest BCUT2D eigenvalue weighted by molar-refractivity contribution is -0.329. The molecule has 1 aromatic rings. The second kappa shape index (κ2) is 10.9. The Hall–Kier alpha value is -1.40. The van der Waals surface area contributed by atoms with Crippen LogP contribution in [0.25, 0.3) is 0 Å². The van der Waals surface area contributed by atoms with E-state index in [1.165, 1.54) is 5.56 Å². The van der Waals surface area contributed by atoms with Crippen molar-refractivity contribution >= 4 is 17.7 Å². The van der Waals surface area contributed by atoms with Gasteiger partial charge in [-0.1, -0.05) is 65.4 Å². The number of hydrogen-bond acceptors (Lipinski definition) is 6. The van der Waals surface area contributed by atoms with E-state index in [0.717, 1.165) is 11.3 Å². The first kappa shape index (κ1) is 29.6. The number of rotatable bonds is 9. The number of carbonyl (C=O) groups is 1. The summed E-state index contributed by atoms with van der Waals surface area (Å²) in [5.41, 5.74) is 0.610. The minimum absolute atomic E-state index is 0.0704. The zero-order valence-corrected chi connectivity index (χ0v) is 23.8. The van der Waals surface area contributed by atoms with E-state index < -0.39 is 16.4 Å². The average molecular weight is 479 g/mol. The van der Waals surface area contributed by atoms with Gasteiger partial charge >= 0.3 is 5.97 Å². The minimum atomic E-state index is -0.601. The average Bonchev–Trinajstić information content (AvgIpc) is 2.61. The third-order valence-electron chi connectivity index (χ3n) is 4.73. The summed E-state index contributed by atoms with van der Waals surface area (Å²) in [6, 6.07) is 8.55. The van der Waals surface area contributed by atoms with Crippen LogP contribution in [0.3, 0.4) is 0 Å². The van der Waals surface area contributed by atoms with Crippen molar-refractivity contribution in [3.05, 3.63) is 29.8 Å². The molecule has 5 nitrogen and oxygen atoms in total. The van der Waals surface area contributed by atoms with Gasteiger partial charge in [-0.3, -0.25) is 4.89 Å². The molecule has 0 aliphatic carbocycles. The van der Waals surface area contributed by atoms with Crippen molar-refractivity contribution in [2.45, 2.75) is 129 Å². The predicted octanol–water partition coefficient (Wildman–Crippen LogP) is 8.51. The van der Waals surface area contributed by atoms with Crippen molar-refractivity contribution in [3.63, 3.8) is 0 Å². The molecule has 0 fully saturated rings. The molecule has 0 aliphatic heterocycles. The third kappa shape index (κ3) is 12.6. The molecule has 0 N–H and O–H groups in total. The van der Waals surface area contributed by atoms with Crippen molar-refractivity contribution in [3.8, 4) is 0 Å². The Morgan fingerprint density at radius 1 is 0.848 bits per heavy atom. The van der Waals surface area contributed by atoms with E-state index in [1.807, 2.05) is 41.5 Å². The van der Waals surface area contributed by atoms with E-state index in [2.05, 4.69) is 76.0 Å². The highest BCUT2D eigenvalue weighted by Gasteiger charge is 2.31. The topological polar surface area (TPSA) is 60.2 Å². The van der Waals surface area contributed by atoms with Crippen molar-refractivity contribution in [2.24, 2.45) is 15.6 Å². The fraction of sp³-hybridized carbons (Fsp3) is 0.741. The van der Waals surface area contributed by atoms with Crippen LogP contribution in [0.4, 0.5) is 0 Å². The highest BCUT2D eigenvalue weighted by atomic mass is 32.2. The molecule has 1 unspecified atom stereocenters. The lowest BCUT2D eigenvalue weighted by Gasteiger charge is -2.30. The zero-order chi connectivity index (χ0) is 25.7. The van der Waals surface area contributed by atoms with Crippen LogP contribution in [0.1, 0.15) is 108 Å². The standard InChI is InChI=1S/C27H46N2O3S/c1-23(2,3)19-26(10,11)32-31-22(30)17-18-27(12,29-28-25(7,8)9)33-21-15-13-20(14-16-21)24(4,5)6/h13-16H,17-19H2,1-12H3. The maximum atomic E-state index is 12.5. The van der Waals surface area contributed by atoms with E-state index in [9.17, 15) is 4.79 Å². The van der Waals surface area contributed by atoms with Crippen molar-refractivity contribution in [2.75, 3.05) is 0 Å². The normalized spacial score (nSPS) is 15.5. The van der Waals surface area contributed by atoms with Gasteiger partial charge in [-0.05, 0) is 82.9 Å². The molecule has 0 spiro atoms. The fourth-order valence-corrected chi connectivity index (χ4v) is 4.56. The number of nitrogens with zero attached hydrogens (tertiary/aromatic N) is 2. The number of azo groups is 1. The van der Waals surface area contributed by atoms with Crippen LogP contribution < -0.4 is 0 Å². The van der Waals surface area contributed by atoms with Gasteiger partial charge in [-0.15, -0.1) is 0 Å². The summed E-state index contributed by atoms with van der Waals surface area (Å²) >= 11 is 1.62. The molecular formula is C27H46N2O3S. The van der Waals surface area contributed by atoms with E-state index in [1.54, 1.807) is 11.8 Å². The SMILES string of the molecule is CC(C)(C)CC(C)(C)OOC(=O)CCC(C)(N=NC(C)(C)C)Sc1ccc(C(C)(C)C)cc1. The lowest BCUT2D eigenvalue weighted by atomic mass is 9.84. The smallest absolute Gasteiger partial charge is 0.298 e. The van der Waals surface area contributed by atoms with Crippen LogP contribution in [0.5, 0.6) is 0 Å². The molecule has 0 aliphatic rings. The monoisotopic (exact) mass is 478 g/mol. The fourth-order valence-electron chi connectivity index (χ4n) is 3.50. The molecule has 33 heavy (non-hydrogen) atoms. The van der Waals surface area contributed by atoms with Gasteiger partial charge in [0, 0.05) is 4.90 Å². The molecule has 1 atom stereocenters. The van der Waals surface area contributed by atoms with Gasteiger partial charge in [0.05, 0.1) is 12.0 Å². The van der Waals surface area contributed by atoms with Crippen LogP contribution in [-0.2, 0) is 20.0 Å². The van der Waals surface area contributed by atoms with Crippen LogP contribution in [0.15, 0.2) is 39.4 Å². The maximum Gasteiger partial charge on any atom is 0.342 e. The summed E-state index contributed by atoms with van der Waals surface area (Å²) in [5, 5.41) is 9.17. The third-order valence-corrected chi connectivity index (χ3v) is 5.96.